The van der Waals surface area contributed by atoms with Crippen molar-refractivity contribution in [2.45, 2.75) is 25.4 Å². The van der Waals surface area contributed by atoms with Gasteiger partial charge in [-0.3, -0.25) is 9.59 Å². The van der Waals surface area contributed by atoms with E-state index < -0.39 is 23.9 Å². The van der Waals surface area contributed by atoms with Crippen LogP contribution in [0.2, 0.25) is 0 Å². The van der Waals surface area contributed by atoms with Gasteiger partial charge in [-0.15, -0.1) is 0 Å². The maximum Gasteiger partial charge on any atom is 0.326 e. The molecule has 0 unspecified atom stereocenters. The zero-order valence-corrected chi connectivity index (χ0v) is 27.9. The van der Waals surface area contributed by atoms with Crippen molar-refractivity contribution < 1.29 is 24.6 Å². The molecule has 1 amide bonds. The first-order valence-corrected chi connectivity index (χ1v) is 15.5. The number of amides is 1. The molecular weight excluding hydrogens is 697 g/mol. The van der Waals surface area contributed by atoms with E-state index in [1.54, 1.807) is 37.2 Å². The predicted molar refractivity (Wildman–Crippen MR) is 189 cm³/mol. The van der Waals surface area contributed by atoms with Crippen LogP contribution in [0.5, 0.6) is 0 Å². The van der Waals surface area contributed by atoms with Gasteiger partial charge in [0, 0.05) is 24.7 Å². The molecule has 6 aromatic heterocycles. The Bertz CT molecular complexity index is 2370. The number of rotatable bonds is 9. The lowest BCUT2D eigenvalue weighted by atomic mass is 10.1. The third kappa shape index (κ3) is 9.26. The number of fused-ring (bicyclic) bond motifs is 3. The number of imidazole rings is 2. The van der Waals surface area contributed by atoms with Gasteiger partial charge in [0.1, 0.15) is 23.4 Å². The first-order valence-electron chi connectivity index (χ1n) is 15.1. The quantitative estimate of drug-likeness (QED) is 0.0980. The highest BCUT2D eigenvalue weighted by atomic mass is 32.1. The second-order valence-electron chi connectivity index (χ2n) is 10.7. The fourth-order valence-electron chi connectivity index (χ4n) is 4.50. The molecular formula is C30H30N16O5S. The Balaban J connectivity index is 0.000000218. The SMILES string of the molecule is CN(Cc1cnc2nc(N)nc(N)c2n1)c1ccc(C(=O)N[C@@H](CCC(=O)O)C(=O)O)cc1.S=c1nc[nH]c2nc[nH]c12.c1ncc2[nH]cnc2n1. The Kier molecular flexibility index (Phi) is 11.4. The van der Waals surface area contributed by atoms with Crippen LogP contribution in [0.1, 0.15) is 28.9 Å². The van der Waals surface area contributed by atoms with Gasteiger partial charge in [0.2, 0.25) is 5.95 Å². The molecule has 0 aliphatic carbocycles. The summed E-state index contributed by atoms with van der Waals surface area (Å²) in [6.07, 6.45) is 8.84. The molecule has 21 nitrogen and oxygen atoms in total. The molecule has 0 spiro atoms. The summed E-state index contributed by atoms with van der Waals surface area (Å²) in [4.78, 5) is 80.7. The molecule has 0 radical (unpaired) electrons. The highest BCUT2D eigenvalue weighted by Gasteiger charge is 2.21. The van der Waals surface area contributed by atoms with E-state index in [0.717, 1.165) is 22.4 Å². The van der Waals surface area contributed by atoms with Crippen LogP contribution in [0, 0.1) is 4.64 Å². The number of benzene rings is 1. The normalized spacial score (nSPS) is 11.2. The lowest BCUT2D eigenvalue weighted by Gasteiger charge is -2.19. The number of hydrogen-bond donors (Lipinski definition) is 8. The zero-order valence-electron chi connectivity index (χ0n) is 27.1. The van der Waals surface area contributed by atoms with Crippen molar-refractivity contribution >= 4 is 81.0 Å². The number of aromatic amines is 3. The third-order valence-corrected chi connectivity index (χ3v) is 7.36. The second-order valence-corrected chi connectivity index (χ2v) is 11.1. The van der Waals surface area contributed by atoms with Crippen LogP contribution >= 0.6 is 12.2 Å². The highest BCUT2D eigenvalue weighted by molar-refractivity contribution is 7.71. The molecule has 0 fully saturated rings. The number of H-pyrrole nitrogens is 3. The summed E-state index contributed by atoms with van der Waals surface area (Å²) in [5, 5.41) is 20.2. The Morgan fingerprint density at radius 3 is 2.37 bits per heavy atom. The number of nitrogens with two attached hydrogens (primary N) is 2. The molecule has 7 rings (SSSR count). The molecule has 7 aromatic rings. The monoisotopic (exact) mass is 726 g/mol. The van der Waals surface area contributed by atoms with Gasteiger partial charge in [-0.1, -0.05) is 12.2 Å². The molecule has 0 bridgehead atoms. The van der Waals surface area contributed by atoms with E-state index in [2.05, 4.69) is 65.1 Å². The van der Waals surface area contributed by atoms with Crippen molar-refractivity contribution in [2.24, 2.45) is 0 Å². The highest BCUT2D eigenvalue weighted by Crippen LogP contribution is 2.19. The standard InChI is InChI=1S/C20H22N8O5.C5H4N4S.C5H4N4/c1-28(9-11-8-23-17-15(24-11)16(21)26-20(22)27-17)12-4-2-10(3-5-12)18(31)25-13(19(32)33)6-7-14(29)30;10-5-3-4(7-1-6-3)8-2-9-5;1-4-5(8-2-6-1)9-3-7-4/h2-5,8,13H,6-7,9H2,1H3,(H,25,31)(H,29,30)(H,32,33)(H4,21,22,23,26,27);1-2H,(H2,6,7,8,9,10);1-3H,(H,6,7,8,9)/t13-;;/m0../s1. The van der Waals surface area contributed by atoms with E-state index in [9.17, 15) is 19.5 Å². The Morgan fingerprint density at radius 1 is 0.904 bits per heavy atom. The number of nitrogens with one attached hydrogen (secondary N) is 4. The smallest absolute Gasteiger partial charge is 0.326 e. The summed E-state index contributed by atoms with van der Waals surface area (Å²) in [7, 11) is 1.82. The van der Waals surface area contributed by atoms with Gasteiger partial charge in [0.25, 0.3) is 5.91 Å². The Hall–Kier alpha value is -7.23. The molecule has 0 aliphatic rings. The topological polar surface area (TPSA) is 322 Å². The molecule has 1 atom stereocenters. The Labute approximate surface area is 297 Å². The van der Waals surface area contributed by atoms with E-state index in [-0.39, 0.29) is 30.2 Å². The van der Waals surface area contributed by atoms with Crippen molar-refractivity contribution in [2.75, 3.05) is 23.4 Å². The number of hydrogen-bond acceptors (Lipinski definition) is 16. The molecule has 266 valence electrons. The van der Waals surface area contributed by atoms with Crippen molar-refractivity contribution in [3.8, 4) is 0 Å². The van der Waals surface area contributed by atoms with Crippen LogP contribution in [0.4, 0.5) is 17.5 Å². The minimum absolute atomic E-state index is 0.0138. The van der Waals surface area contributed by atoms with Crippen LogP contribution in [0.15, 0.2) is 62.0 Å². The minimum atomic E-state index is -1.30. The van der Waals surface area contributed by atoms with Crippen LogP contribution in [-0.4, -0.2) is 101 Å². The minimum Gasteiger partial charge on any atom is -0.481 e. The van der Waals surface area contributed by atoms with E-state index in [4.69, 9.17) is 28.8 Å². The average molecular weight is 727 g/mol. The van der Waals surface area contributed by atoms with Gasteiger partial charge in [0.15, 0.2) is 32.9 Å². The lowest BCUT2D eigenvalue weighted by Crippen LogP contribution is -2.41. The molecule has 6 heterocycles. The summed E-state index contributed by atoms with van der Waals surface area (Å²) >= 11 is 4.91. The summed E-state index contributed by atoms with van der Waals surface area (Å²) in [6, 6.07) is 5.16. The lowest BCUT2D eigenvalue weighted by molar-refractivity contribution is -0.140. The van der Waals surface area contributed by atoms with Gasteiger partial charge in [-0.05, 0) is 30.7 Å². The molecule has 52 heavy (non-hydrogen) atoms. The number of nitrogens with zero attached hydrogens (tertiary/aromatic N) is 10. The van der Waals surface area contributed by atoms with Crippen molar-refractivity contribution in [1.82, 2.24) is 65.1 Å². The summed E-state index contributed by atoms with van der Waals surface area (Å²) in [5.74, 6) is -2.91. The van der Waals surface area contributed by atoms with Crippen molar-refractivity contribution in [1.29, 1.82) is 0 Å². The zero-order chi connectivity index (χ0) is 37.2. The first kappa shape index (κ1) is 36.1. The average Bonchev–Trinajstić information content (AvgIpc) is 3.82. The number of anilines is 3. The number of aliphatic carboxylic acids is 2. The summed E-state index contributed by atoms with van der Waals surface area (Å²) < 4.78 is 0.547. The fourth-order valence-corrected chi connectivity index (χ4v) is 4.71. The largest absolute Gasteiger partial charge is 0.481 e. The second kappa shape index (κ2) is 16.4. The van der Waals surface area contributed by atoms with Crippen molar-refractivity contribution in [3.05, 3.63) is 77.9 Å². The predicted octanol–water partition coefficient (Wildman–Crippen LogP) is 1.64. The maximum atomic E-state index is 12.4. The van der Waals surface area contributed by atoms with Crippen LogP contribution < -0.4 is 21.7 Å². The van der Waals surface area contributed by atoms with E-state index in [1.807, 2.05) is 11.9 Å². The molecule has 10 N–H and O–H groups in total. The molecule has 1 aromatic carbocycles. The summed E-state index contributed by atoms with van der Waals surface area (Å²) in [5.41, 5.74) is 16.8. The van der Waals surface area contributed by atoms with Crippen molar-refractivity contribution in [3.63, 3.8) is 0 Å². The number of nitrogen functional groups attached to an aromatic ring is 2. The summed E-state index contributed by atoms with van der Waals surface area (Å²) in [6.45, 7) is 0.370. The number of carboxylic acids is 2. The first-order chi connectivity index (χ1) is 25.0. The van der Waals surface area contributed by atoms with Crippen LogP contribution in [0.25, 0.3) is 33.5 Å². The van der Waals surface area contributed by atoms with Gasteiger partial charge < -0.3 is 46.8 Å². The van der Waals surface area contributed by atoms with E-state index in [1.165, 1.54) is 24.8 Å². The molecule has 0 saturated heterocycles. The molecule has 0 saturated carbocycles. The third-order valence-electron chi connectivity index (χ3n) is 7.06. The maximum absolute atomic E-state index is 12.4. The number of carbonyl (C=O) groups is 3. The van der Waals surface area contributed by atoms with Gasteiger partial charge in [0.05, 0.1) is 43.6 Å². The Morgan fingerprint density at radius 2 is 1.65 bits per heavy atom. The van der Waals surface area contributed by atoms with Gasteiger partial charge >= 0.3 is 11.9 Å². The van der Waals surface area contributed by atoms with Crippen LogP contribution in [0.3, 0.4) is 0 Å². The van der Waals surface area contributed by atoms with Crippen LogP contribution in [-0.2, 0) is 16.1 Å². The fraction of sp³-hybridized carbons (Fsp3) is 0.167. The van der Waals surface area contributed by atoms with E-state index >= 15 is 0 Å². The van der Waals surface area contributed by atoms with Gasteiger partial charge in [-0.25, -0.2) is 39.7 Å². The number of carbonyl (C=O) groups excluding carboxylic acids is 1. The molecule has 0 aliphatic heterocycles. The molecule has 22 heteroatoms. The van der Waals surface area contributed by atoms with Gasteiger partial charge in [-0.2, -0.15) is 9.97 Å². The number of aromatic nitrogens is 12. The number of carboxylic acid groups (broad SMARTS) is 2. The van der Waals surface area contributed by atoms with E-state index in [0.29, 0.717) is 33.7 Å².